The molecule has 0 aromatic heterocycles. The fraction of sp³-hybridized carbons (Fsp3) is 1.00. The van der Waals surface area contributed by atoms with Crippen LogP contribution in [0.25, 0.3) is 0 Å². The fourth-order valence-corrected chi connectivity index (χ4v) is 0. The molecule has 0 heterocycles. The van der Waals surface area contributed by atoms with Crippen LogP contribution in [0.1, 0.15) is 13.8 Å². The van der Waals surface area contributed by atoms with E-state index >= 15 is 0 Å². The van der Waals surface area contributed by atoms with Crippen LogP contribution < -0.4 is 0 Å². The summed E-state index contributed by atoms with van der Waals surface area (Å²) < 4.78 is 9.36. The van der Waals surface area contributed by atoms with Crippen LogP contribution in [0.3, 0.4) is 0 Å². The van der Waals surface area contributed by atoms with Crippen molar-refractivity contribution in [2.24, 2.45) is 0 Å². The normalized spacial score (nSPS) is 9.69. The van der Waals surface area contributed by atoms with E-state index in [0.717, 1.165) is 34.2 Å². The molecule has 9 heteroatoms. The first-order chi connectivity index (χ1) is 5.83. The third-order valence-corrected chi connectivity index (χ3v) is 1.73. The molecule has 0 atom stereocenters. The largest absolute Gasteiger partial charge is 0.668 e. The molecule has 0 saturated heterocycles. The predicted octanol–water partition coefficient (Wildman–Crippen LogP) is -4.00. The molecule has 0 rings (SSSR count). The summed E-state index contributed by atoms with van der Waals surface area (Å²) in [4.78, 5) is 29.3. The second-order valence-corrected chi connectivity index (χ2v) is 4.11. The standard InChI is InChI=1S/2C2H8OSi.H4O4Si/c2*1-2-3-4;1-5(2,3)4/h2*2H2,1,4H3;1-4H. The van der Waals surface area contributed by atoms with E-state index in [4.69, 9.17) is 19.2 Å². The summed E-state index contributed by atoms with van der Waals surface area (Å²) in [5.41, 5.74) is 0. The number of rotatable bonds is 2. The zero-order valence-corrected chi connectivity index (χ0v) is 13.5. The first-order valence-electron chi connectivity index (χ1n) is 3.70. The molecule has 0 amide bonds. The molecule has 0 aliphatic carbocycles. The monoisotopic (exact) mass is 248 g/mol. The Bertz CT molecular complexity index is 62.8. The van der Waals surface area contributed by atoms with Gasteiger partial charge in [-0.05, 0) is 13.8 Å². The van der Waals surface area contributed by atoms with Gasteiger partial charge in [0, 0.05) is 13.2 Å². The van der Waals surface area contributed by atoms with E-state index in [-0.39, 0.29) is 0 Å². The van der Waals surface area contributed by atoms with Crippen LogP contribution in [0.15, 0.2) is 0 Å². The molecule has 0 aromatic carbocycles. The average molecular weight is 248 g/mol. The molecule has 0 saturated carbocycles. The summed E-state index contributed by atoms with van der Waals surface area (Å²) >= 11 is 0. The Labute approximate surface area is 85.7 Å². The first-order valence-corrected chi connectivity index (χ1v) is 7.12. The minimum atomic E-state index is -4.61. The summed E-state index contributed by atoms with van der Waals surface area (Å²) in [5.74, 6) is 0. The Balaban J connectivity index is -0.000000117. The third kappa shape index (κ3) is 231. The molecule has 0 bridgehead atoms. The van der Waals surface area contributed by atoms with Gasteiger partial charge >= 0.3 is 9.05 Å². The summed E-state index contributed by atoms with van der Waals surface area (Å²) in [7, 11) is -2.83. The van der Waals surface area contributed by atoms with Gasteiger partial charge in [-0.1, -0.05) is 0 Å². The molecule has 4 N–H and O–H groups in total. The van der Waals surface area contributed by atoms with E-state index in [1.54, 1.807) is 0 Å². The smallest absolute Gasteiger partial charge is 0.428 e. The van der Waals surface area contributed by atoms with E-state index in [0.29, 0.717) is 0 Å². The maximum absolute atomic E-state index is 7.33. The van der Waals surface area contributed by atoms with Gasteiger partial charge in [-0.3, -0.25) is 0 Å². The maximum Gasteiger partial charge on any atom is 0.668 e. The van der Waals surface area contributed by atoms with Crippen molar-refractivity contribution in [3.8, 4) is 0 Å². The van der Waals surface area contributed by atoms with Gasteiger partial charge in [0.15, 0.2) is 0 Å². The second-order valence-electron chi connectivity index (χ2n) is 1.75. The van der Waals surface area contributed by atoms with E-state index < -0.39 is 9.05 Å². The van der Waals surface area contributed by atoms with Crippen LogP contribution in [0.5, 0.6) is 0 Å². The first kappa shape index (κ1) is 19.1. The number of hydrogen-bond acceptors (Lipinski definition) is 6. The van der Waals surface area contributed by atoms with Crippen LogP contribution in [-0.2, 0) is 8.85 Å². The van der Waals surface area contributed by atoms with Crippen LogP contribution in [0.2, 0.25) is 0 Å². The molecule has 6 nitrogen and oxygen atoms in total. The van der Waals surface area contributed by atoms with Gasteiger partial charge in [-0.2, -0.15) is 0 Å². The lowest BCUT2D eigenvalue weighted by Gasteiger charge is -1.91. The lowest BCUT2D eigenvalue weighted by molar-refractivity contribution is 0.117. The minimum absolute atomic E-state index is 0.881. The lowest BCUT2D eigenvalue weighted by Crippen LogP contribution is -2.33. The predicted molar refractivity (Wildman–Crippen MR) is 57.8 cm³/mol. The highest BCUT2D eigenvalue weighted by molar-refractivity contribution is 6.46. The molecule has 0 unspecified atom stereocenters. The van der Waals surface area contributed by atoms with Crippen molar-refractivity contribution in [1.82, 2.24) is 0 Å². The molecule has 0 spiro atoms. The van der Waals surface area contributed by atoms with Gasteiger partial charge in [0.2, 0.25) is 0 Å². The summed E-state index contributed by atoms with van der Waals surface area (Å²) in [6, 6.07) is 0. The highest BCUT2D eigenvalue weighted by Gasteiger charge is 2.22. The van der Waals surface area contributed by atoms with E-state index in [9.17, 15) is 0 Å². The van der Waals surface area contributed by atoms with Crippen molar-refractivity contribution in [1.29, 1.82) is 0 Å². The van der Waals surface area contributed by atoms with Crippen LogP contribution >= 0.6 is 0 Å². The van der Waals surface area contributed by atoms with Gasteiger partial charge in [0.1, 0.15) is 21.0 Å². The van der Waals surface area contributed by atoms with Crippen molar-refractivity contribution in [2.45, 2.75) is 13.8 Å². The van der Waals surface area contributed by atoms with Crippen molar-refractivity contribution in [3.05, 3.63) is 0 Å². The SMILES string of the molecule is CCO[SiH3].CCO[SiH3].O[Si](O)(O)O. The van der Waals surface area contributed by atoms with Gasteiger partial charge < -0.3 is 28.0 Å². The van der Waals surface area contributed by atoms with Crippen molar-refractivity contribution in [2.75, 3.05) is 13.2 Å². The highest BCUT2D eigenvalue weighted by Crippen LogP contribution is 1.67. The Kier molecular flexibility index (Phi) is 21.9. The van der Waals surface area contributed by atoms with Crippen molar-refractivity contribution >= 4 is 30.0 Å². The molecule has 0 aliphatic heterocycles. The van der Waals surface area contributed by atoms with Crippen LogP contribution in [0.4, 0.5) is 0 Å². The number of hydrogen-bond donors (Lipinski definition) is 4. The zero-order chi connectivity index (χ0) is 11.3. The summed E-state index contributed by atoms with van der Waals surface area (Å²) in [5, 5.41) is 0. The summed E-state index contributed by atoms with van der Waals surface area (Å²) in [6.07, 6.45) is 0. The van der Waals surface area contributed by atoms with Crippen LogP contribution in [0, 0.1) is 0 Å². The van der Waals surface area contributed by atoms with Crippen LogP contribution in [-0.4, -0.2) is 62.4 Å². The van der Waals surface area contributed by atoms with Crippen molar-refractivity contribution < 1.29 is 28.0 Å². The molecule has 0 aromatic rings. The van der Waals surface area contributed by atoms with E-state index in [1.165, 1.54) is 0 Å². The summed E-state index contributed by atoms with van der Waals surface area (Å²) in [6.45, 7) is 5.75. The Hall–Kier alpha value is 0.411. The quantitative estimate of drug-likeness (QED) is 0.372. The van der Waals surface area contributed by atoms with Gasteiger partial charge in [0.25, 0.3) is 0 Å². The fourth-order valence-electron chi connectivity index (χ4n) is 0. The lowest BCUT2D eigenvalue weighted by atomic mass is 10.9. The second kappa shape index (κ2) is 14.9. The molecular weight excluding hydrogens is 228 g/mol. The third-order valence-electron chi connectivity index (χ3n) is 0.577. The van der Waals surface area contributed by atoms with E-state index in [1.807, 2.05) is 13.8 Å². The van der Waals surface area contributed by atoms with Crippen molar-refractivity contribution in [3.63, 3.8) is 0 Å². The zero-order valence-electron chi connectivity index (χ0n) is 8.52. The molecule has 0 fully saturated rings. The Morgan fingerprint density at radius 3 is 1.00 bits per heavy atom. The molecule has 13 heavy (non-hydrogen) atoms. The van der Waals surface area contributed by atoms with Gasteiger partial charge in [0.05, 0.1) is 0 Å². The Morgan fingerprint density at radius 2 is 1.00 bits per heavy atom. The topological polar surface area (TPSA) is 99.4 Å². The van der Waals surface area contributed by atoms with Gasteiger partial charge in [-0.15, -0.1) is 0 Å². The van der Waals surface area contributed by atoms with E-state index in [2.05, 4.69) is 8.85 Å². The minimum Gasteiger partial charge on any atom is -0.428 e. The molecule has 0 aliphatic rings. The average Bonchev–Trinajstić information content (AvgIpc) is 2.01. The molecule has 84 valence electrons. The highest BCUT2D eigenvalue weighted by atomic mass is 28.4. The molecule has 0 radical (unpaired) electrons. The molecular formula is C4H20O6Si3. The maximum atomic E-state index is 7.33. The van der Waals surface area contributed by atoms with Gasteiger partial charge in [-0.25, -0.2) is 0 Å². The Morgan fingerprint density at radius 1 is 0.923 bits per heavy atom.